The molecule has 2 rings (SSSR count). The summed E-state index contributed by atoms with van der Waals surface area (Å²) in [4.78, 5) is 16.0. The third kappa shape index (κ3) is 3.93. The molecule has 1 atom stereocenters. The lowest BCUT2D eigenvalue weighted by atomic mass is 10.2. The highest BCUT2D eigenvalue weighted by Gasteiger charge is 2.17. The first-order chi connectivity index (χ1) is 10.5. The van der Waals surface area contributed by atoms with Gasteiger partial charge in [0.15, 0.2) is 5.82 Å². The number of aromatic nitrogens is 5. The summed E-state index contributed by atoms with van der Waals surface area (Å²) in [6.07, 6.45) is -1.28. The molecule has 118 valence electrons. The van der Waals surface area contributed by atoms with Gasteiger partial charge < -0.3 is 10.1 Å². The number of hydrogen-bond acceptors (Lipinski definition) is 6. The molecule has 0 saturated carbocycles. The Balaban J connectivity index is 2.03. The van der Waals surface area contributed by atoms with Crippen molar-refractivity contribution in [1.29, 1.82) is 0 Å². The van der Waals surface area contributed by atoms with Crippen molar-refractivity contribution in [3.63, 3.8) is 0 Å². The number of pyridine rings is 1. The van der Waals surface area contributed by atoms with Gasteiger partial charge in [0.1, 0.15) is 18.1 Å². The van der Waals surface area contributed by atoms with Gasteiger partial charge in [-0.1, -0.05) is 0 Å². The molecule has 0 saturated heterocycles. The molecule has 1 N–H and O–H groups in total. The van der Waals surface area contributed by atoms with Crippen molar-refractivity contribution >= 4 is 5.91 Å². The van der Waals surface area contributed by atoms with E-state index in [1.165, 1.54) is 23.0 Å². The molecule has 1 amide bonds. The van der Waals surface area contributed by atoms with Crippen molar-refractivity contribution in [2.45, 2.75) is 19.4 Å². The van der Waals surface area contributed by atoms with Crippen molar-refractivity contribution in [1.82, 2.24) is 30.5 Å². The quantitative estimate of drug-likeness (QED) is 0.845. The minimum absolute atomic E-state index is 0.0498. The lowest BCUT2D eigenvalue weighted by molar-refractivity contribution is 0.0817. The van der Waals surface area contributed by atoms with Crippen LogP contribution in [0.4, 0.5) is 8.78 Å². The summed E-state index contributed by atoms with van der Waals surface area (Å²) in [6, 6.07) is 2.24. The molecule has 2 aromatic rings. The summed E-state index contributed by atoms with van der Waals surface area (Å²) < 4.78 is 30.5. The van der Waals surface area contributed by atoms with Crippen LogP contribution >= 0.6 is 0 Å². The molecule has 0 fully saturated rings. The second-order valence-corrected chi connectivity index (χ2v) is 4.43. The van der Waals surface area contributed by atoms with Crippen LogP contribution in [0.25, 0.3) is 0 Å². The summed E-state index contributed by atoms with van der Waals surface area (Å²) in [5.74, 6) is 0.130. The van der Waals surface area contributed by atoms with Crippen molar-refractivity contribution in [2.24, 2.45) is 7.05 Å². The Hall–Kier alpha value is -2.65. The first-order valence-corrected chi connectivity index (χ1v) is 6.37. The molecule has 0 aliphatic heterocycles. The Morgan fingerprint density at radius 3 is 2.91 bits per heavy atom. The SMILES string of the molecule is C[C@H](NC(=O)c1cc(OCC(F)F)ccn1)c1nnnn1C. The molecule has 2 aromatic heterocycles. The molecule has 0 spiro atoms. The Morgan fingerprint density at radius 1 is 1.50 bits per heavy atom. The van der Waals surface area contributed by atoms with Gasteiger partial charge in [0.25, 0.3) is 12.3 Å². The van der Waals surface area contributed by atoms with Crippen LogP contribution in [-0.2, 0) is 7.05 Å². The number of alkyl halides is 2. The summed E-state index contributed by atoms with van der Waals surface area (Å²) in [6.45, 7) is 0.965. The molecule has 0 radical (unpaired) electrons. The topological polar surface area (TPSA) is 94.8 Å². The lowest BCUT2D eigenvalue weighted by Gasteiger charge is -2.12. The highest BCUT2D eigenvalue weighted by atomic mass is 19.3. The number of halogens is 2. The highest BCUT2D eigenvalue weighted by Crippen LogP contribution is 2.13. The maximum absolute atomic E-state index is 12.1. The smallest absolute Gasteiger partial charge is 0.272 e. The van der Waals surface area contributed by atoms with Crippen molar-refractivity contribution in [3.8, 4) is 5.75 Å². The van der Waals surface area contributed by atoms with E-state index >= 15 is 0 Å². The van der Waals surface area contributed by atoms with E-state index in [-0.39, 0.29) is 11.4 Å². The van der Waals surface area contributed by atoms with Gasteiger partial charge in [-0.25, -0.2) is 13.5 Å². The van der Waals surface area contributed by atoms with Gasteiger partial charge in [0, 0.05) is 19.3 Å². The van der Waals surface area contributed by atoms with Crippen LogP contribution in [0, 0.1) is 0 Å². The number of carbonyl (C=O) groups excluding carboxylic acids is 1. The lowest BCUT2D eigenvalue weighted by Crippen LogP contribution is -2.29. The fourth-order valence-corrected chi connectivity index (χ4v) is 1.72. The molecule has 8 nitrogen and oxygen atoms in total. The highest BCUT2D eigenvalue weighted by molar-refractivity contribution is 5.92. The third-order valence-electron chi connectivity index (χ3n) is 2.73. The number of hydrogen-bond donors (Lipinski definition) is 1. The van der Waals surface area contributed by atoms with E-state index in [0.717, 1.165) is 0 Å². The first kappa shape index (κ1) is 15.7. The second-order valence-electron chi connectivity index (χ2n) is 4.43. The number of nitrogens with one attached hydrogen (secondary N) is 1. The zero-order chi connectivity index (χ0) is 16.1. The van der Waals surface area contributed by atoms with Crippen molar-refractivity contribution in [2.75, 3.05) is 6.61 Å². The number of carbonyl (C=O) groups is 1. The van der Waals surface area contributed by atoms with Gasteiger partial charge in [-0.15, -0.1) is 5.10 Å². The number of tetrazole rings is 1. The normalized spacial score (nSPS) is 12.2. The maximum Gasteiger partial charge on any atom is 0.272 e. The molecular formula is C12H14F2N6O2. The molecule has 0 unspecified atom stereocenters. The molecule has 0 bridgehead atoms. The Bertz CT molecular complexity index is 648. The Labute approximate surface area is 124 Å². The minimum atomic E-state index is -2.59. The van der Waals surface area contributed by atoms with Crippen LogP contribution in [0.1, 0.15) is 29.3 Å². The van der Waals surface area contributed by atoms with Crippen LogP contribution in [0.5, 0.6) is 5.75 Å². The van der Waals surface area contributed by atoms with Crippen molar-refractivity contribution < 1.29 is 18.3 Å². The third-order valence-corrected chi connectivity index (χ3v) is 2.73. The molecule has 0 aliphatic carbocycles. The van der Waals surface area contributed by atoms with Crippen molar-refractivity contribution in [3.05, 3.63) is 29.8 Å². The Morgan fingerprint density at radius 2 is 2.27 bits per heavy atom. The van der Waals surface area contributed by atoms with Crippen LogP contribution in [-0.4, -0.2) is 44.1 Å². The predicted molar refractivity (Wildman–Crippen MR) is 70.4 cm³/mol. The molecule has 2 heterocycles. The molecule has 22 heavy (non-hydrogen) atoms. The average Bonchev–Trinajstić information content (AvgIpc) is 2.91. The number of aryl methyl sites for hydroxylation is 1. The fraction of sp³-hybridized carbons (Fsp3) is 0.417. The molecule has 0 aromatic carbocycles. The maximum atomic E-state index is 12.1. The van der Waals surface area contributed by atoms with E-state index in [2.05, 4.69) is 25.8 Å². The standard InChI is InChI=1S/C12H14F2N6O2/c1-7(11-17-18-19-20(11)2)16-12(21)9-5-8(3-4-15-9)22-6-10(13)14/h3-5,7,10H,6H2,1-2H3,(H,16,21)/t7-/m0/s1. The number of ether oxygens (including phenoxy) is 1. The summed E-state index contributed by atoms with van der Waals surface area (Å²) in [7, 11) is 1.65. The van der Waals surface area contributed by atoms with Gasteiger partial charge in [-0.2, -0.15) is 0 Å². The van der Waals surface area contributed by atoms with E-state index in [4.69, 9.17) is 4.74 Å². The predicted octanol–water partition coefficient (Wildman–Crippen LogP) is 0.740. The molecular weight excluding hydrogens is 298 g/mol. The van der Waals surface area contributed by atoms with Gasteiger partial charge in [0.05, 0.1) is 6.04 Å². The largest absolute Gasteiger partial charge is 0.488 e. The zero-order valence-electron chi connectivity index (χ0n) is 11.9. The summed E-state index contributed by atoms with van der Waals surface area (Å²) in [5, 5.41) is 13.6. The second kappa shape index (κ2) is 6.87. The molecule has 10 heteroatoms. The Kier molecular flexibility index (Phi) is 4.92. The monoisotopic (exact) mass is 312 g/mol. The minimum Gasteiger partial charge on any atom is -0.488 e. The van der Waals surface area contributed by atoms with Gasteiger partial charge in [0.2, 0.25) is 0 Å². The first-order valence-electron chi connectivity index (χ1n) is 6.37. The number of amides is 1. The van der Waals surface area contributed by atoms with Gasteiger partial charge >= 0.3 is 0 Å². The van der Waals surface area contributed by atoms with E-state index in [0.29, 0.717) is 5.82 Å². The van der Waals surface area contributed by atoms with Crippen LogP contribution in [0.3, 0.4) is 0 Å². The zero-order valence-corrected chi connectivity index (χ0v) is 11.9. The summed E-state index contributed by atoms with van der Waals surface area (Å²) in [5.41, 5.74) is 0.0498. The fourth-order valence-electron chi connectivity index (χ4n) is 1.72. The van der Waals surface area contributed by atoms with Crippen LogP contribution < -0.4 is 10.1 Å². The average molecular weight is 312 g/mol. The number of nitrogens with zero attached hydrogens (tertiary/aromatic N) is 5. The van der Waals surface area contributed by atoms with E-state index < -0.39 is 25.0 Å². The van der Waals surface area contributed by atoms with E-state index in [1.54, 1.807) is 14.0 Å². The van der Waals surface area contributed by atoms with E-state index in [9.17, 15) is 13.6 Å². The van der Waals surface area contributed by atoms with Gasteiger partial charge in [-0.3, -0.25) is 9.78 Å². The van der Waals surface area contributed by atoms with Gasteiger partial charge in [-0.05, 0) is 23.4 Å². The molecule has 0 aliphatic rings. The van der Waals surface area contributed by atoms with E-state index in [1.807, 2.05) is 0 Å². The van der Waals surface area contributed by atoms with Crippen LogP contribution in [0.2, 0.25) is 0 Å². The number of rotatable bonds is 6. The van der Waals surface area contributed by atoms with Crippen LogP contribution in [0.15, 0.2) is 18.3 Å². The summed E-state index contributed by atoms with van der Waals surface area (Å²) >= 11 is 0.